The Morgan fingerprint density at radius 3 is 2.63 bits per heavy atom. The summed E-state index contributed by atoms with van der Waals surface area (Å²) in [5.41, 5.74) is 1.06. The molecule has 4 rings (SSSR count). The average molecular weight is 412 g/mol. The molecule has 1 aliphatic carbocycles. The minimum atomic E-state index is -0.132. The van der Waals surface area contributed by atoms with Gasteiger partial charge in [0.25, 0.3) is 5.91 Å². The van der Waals surface area contributed by atoms with Crippen molar-refractivity contribution in [1.29, 1.82) is 0 Å². The van der Waals surface area contributed by atoms with Crippen molar-refractivity contribution in [3.05, 3.63) is 60.9 Å². The maximum atomic E-state index is 11.7. The highest BCUT2D eigenvalue weighted by molar-refractivity contribution is 5.91. The number of aromatic nitrogens is 2. The smallest absolute Gasteiger partial charge is 0.288 e. The van der Waals surface area contributed by atoms with E-state index in [1.54, 1.807) is 12.0 Å². The van der Waals surface area contributed by atoms with Gasteiger partial charge in [-0.15, -0.1) is 0 Å². The predicted octanol–water partition coefficient (Wildman–Crippen LogP) is 4.42. The zero-order valence-corrected chi connectivity index (χ0v) is 18.0. The van der Waals surface area contributed by atoms with Crippen LogP contribution in [0.5, 0.6) is 5.75 Å². The van der Waals surface area contributed by atoms with Crippen LogP contribution in [0.2, 0.25) is 0 Å². The van der Waals surface area contributed by atoms with E-state index in [1.165, 1.54) is 38.5 Å². The lowest BCUT2D eigenvalue weighted by molar-refractivity contribution is -0.136. The van der Waals surface area contributed by atoms with Crippen molar-refractivity contribution in [1.82, 2.24) is 14.5 Å². The van der Waals surface area contributed by atoms with Gasteiger partial charge in [0.1, 0.15) is 12.4 Å². The third-order valence-electron chi connectivity index (χ3n) is 5.78. The summed E-state index contributed by atoms with van der Waals surface area (Å²) in [6, 6.07) is 7.67. The van der Waals surface area contributed by atoms with Crippen molar-refractivity contribution < 1.29 is 14.3 Å². The standard InChI is InChI=1S/C13H15NO3.C11H18N2/c1-10-13(15)14(7-8-17-10)9-11-3-5-12(16-2)6-4-11;1-2-4-11(5-3-1)6-8-13-9-7-12-10-13/h3-6H,1,7-9H2,2H3;7,9-11H,1-6,8H2. The number of rotatable bonds is 6. The highest BCUT2D eigenvalue weighted by Crippen LogP contribution is 2.26. The van der Waals surface area contributed by atoms with Crippen LogP contribution in [0.15, 0.2) is 55.3 Å². The predicted molar refractivity (Wildman–Crippen MR) is 117 cm³/mol. The van der Waals surface area contributed by atoms with Gasteiger partial charge in [-0.05, 0) is 30.0 Å². The molecule has 0 spiro atoms. The monoisotopic (exact) mass is 411 g/mol. The lowest BCUT2D eigenvalue weighted by Crippen LogP contribution is -2.39. The van der Waals surface area contributed by atoms with Crippen LogP contribution in [-0.4, -0.2) is 40.6 Å². The Bertz CT molecular complexity index is 781. The fraction of sp³-hybridized carbons (Fsp3) is 0.500. The van der Waals surface area contributed by atoms with Gasteiger partial charge >= 0.3 is 0 Å². The van der Waals surface area contributed by atoms with E-state index < -0.39 is 0 Å². The van der Waals surface area contributed by atoms with E-state index in [2.05, 4.69) is 22.3 Å². The first-order valence-corrected chi connectivity index (χ1v) is 10.9. The zero-order valence-electron chi connectivity index (χ0n) is 18.0. The van der Waals surface area contributed by atoms with Crippen LogP contribution in [0.3, 0.4) is 0 Å². The van der Waals surface area contributed by atoms with Crippen molar-refractivity contribution in [3.8, 4) is 5.75 Å². The topological polar surface area (TPSA) is 56.6 Å². The van der Waals surface area contributed by atoms with Crippen molar-refractivity contribution >= 4 is 5.91 Å². The quantitative estimate of drug-likeness (QED) is 0.660. The molecule has 2 fully saturated rings. The van der Waals surface area contributed by atoms with E-state index in [4.69, 9.17) is 9.47 Å². The van der Waals surface area contributed by atoms with Gasteiger partial charge in [-0.25, -0.2) is 4.98 Å². The highest BCUT2D eigenvalue weighted by atomic mass is 16.5. The van der Waals surface area contributed by atoms with E-state index in [9.17, 15) is 4.79 Å². The summed E-state index contributed by atoms with van der Waals surface area (Å²) in [5, 5.41) is 0. The minimum Gasteiger partial charge on any atom is -0.497 e. The summed E-state index contributed by atoms with van der Waals surface area (Å²) in [4.78, 5) is 17.5. The van der Waals surface area contributed by atoms with Crippen LogP contribution in [0.1, 0.15) is 44.1 Å². The minimum absolute atomic E-state index is 0.132. The molecule has 2 heterocycles. The molecule has 6 heteroatoms. The Morgan fingerprint density at radius 1 is 1.20 bits per heavy atom. The highest BCUT2D eigenvalue weighted by Gasteiger charge is 2.22. The van der Waals surface area contributed by atoms with Crippen LogP contribution in [0, 0.1) is 5.92 Å². The fourth-order valence-electron chi connectivity index (χ4n) is 3.95. The van der Waals surface area contributed by atoms with Gasteiger partial charge in [-0.1, -0.05) is 50.8 Å². The molecule has 0 radical (unpaired) electrons. The second-order valence-corrected chi connectivity index (χ2v) is 7.94. The van der Waals surface area contributed by atoms with E-state index in [-0.39, 0.29) is 11.7 Å². The average Bonchev–Trinajstić information content (AvgIpc) is 3.31. The maximum absolute atomic E-state index is 11.7. The largest absolute Gasteiger partial charge is 0.497 e. The molecule has 6 nitrogen and oxygen atoms in total. The number of nitrogens with zero attached hydrogens (tertiary/aromatic N) is 3. The van der Waals surface area contributed by atoms with Gasteiger partial charge in [-0.3, -0.25) is 4.79 Å². The van der Waals surface area contributed by atoms with Crippen LogP contribution >= 0.6 is 0 Å². The van der Waals surface area contributed by atoms with E-state index in [0.29, 0.717) is 19.7 Å². The van der Waals surface area contributed by atoms with Crippen molar-refractivity contribution in [2.75, 3.05) is 20.3 Å². The number of aryl methyl sites for hydroxylation is 1. The molecule has 0 atom stereocenters. The van der Waals surface area contributed by atoms with E-state index in [1.807, 2.05) is 36.8 Å². The Morgan fingerprint density at radius 2 is 1.97 bits per heavy atom. The number of carbonyl (C=O) groups is 1. The molecule has 1 saturated carbocycles. The maximum Gasteiger partial charge on any atom is 0.288 e. The molecule has 1 saturated heterocycles. The van der Waals surface area contributed by atoms with Gasteiger partial charge in [0.05, 0.1) is 20.0 Å². The Balaban J connectivity index is 0.000000177. The van der Waals surface area contributed by atoms with Crippen LogP contribution in [-0.2, 0) is 22.6 Å². The number of morpholine rings is 1. The molecule has 30 heavy (non-hydrogen) atoms. The zero-order chi connectivity index (χ0) is 21.2. The Kier molecular flexibility index (Phi) is 8.36. The Hall–Kier alpha value is -2.76. The van der Waals surface area contributed by atoms with E-state index in [0.717, 1.165) is 23.8 Å². The molecule has 1 aromatic heterocycles. The van der Waals surface area contributed by atoms with Gasteiger partial charge < -0.3 is 18.9 Å². The number of carbonyl (C=O) groups excluding carboxylic acids is 1. The molecule has 162 valence electrons. The summed E-state index contributed by atoms with van der Waals surface area (Å²) < 4.78 is 12.4. The SMILES string of the molecule is C=C1OCCN(Cc2ccc(OC)cc2)C1=O.c1cn(CCC2CCCCC2)cn1. The normalized spacial score (nSPS) is 17.2. The number of hydrogen-bond donors (Lipinski definition) is 0. The molecular weight excluding hydrogens is 378 g/mol. The number of imidazole rings is 1. The number of benzene rings is 1. The summed E-state index contributed by atoms with van der Waals surface area (Å²) in [6.07, 6.45) is 14.5. The van der Waals surface area contributed by atoms with Gasteiger partial charge in [0.2, 0.25) is 0 Å². The molecule has 2 aliphatic rings. The fourth-order valence-corrected chi connectivity index (χ4v) is 3.95. The lowest BCUT2D eigenvalue weighted by atomic mass is 9.87. The summed E-state index contributed by atoms with van der Waals surface area (Å²) in [5.74, 6) is 1.89. The molecule has 0 unspecified atom stereocenters. The molecule has 1 aliphatic heterocycles. The van der Waals surface area contributed by atoms with Gasteiger partial charge in [0.15, 0.2) is 5.76 Å². The van der Waals surface area contributed by atoms with E-state index >= 15 is 0 Å². The summed E-state index contributed by atoms with van der Waals surface area (Å²) in [7, 11) is 1.63. The number of methoxy groups -OCH3 is 1. The molecular formula is C24H33N3O3. The third kappa shape index (κ3) is 6.65. The Labute approximate surface area is 179 Å². The van der Waals surface area contributed by atoms with Crippen LogP contribution < -0.4 is 4.74 Å². The summed E-state index contributed by atoms with van der Waals surface area (Å²) >= 11 is 0. The molecule has 1 aromatic carbocycles. The van der Waals surface area contributed by atoms with Gasteiger partial charge in [0, 0.05) is 25.5 Å². The van der Waals surface area contributed by atoms with Crippen molar-refractivity contribution in [2.45, 2.75) is 51.6 Å². The second kappa shape index (κ2) is 11.4. The van der Waals surface area contributed by atoms with Crippen molar-refractivity contribution in [3.63, 3.8) is 0 Å². The first-order chi connectivity index (χ1) is 14.7. The lowest BCUT2D eigenvalue weighted by Gasteiger charge is -2.28. The first-order valence-electron chi connectivity index (χ1n) is 10.9. The molecule has 2 aromatic rings. The first kappa shape index (κ1) is 21.9. The number of ether oxygens (including phenoxy) is 2. The van der Waals surface area contributed by atoms with Gasteiger partial charge in [-0.2, -0.15) is 0 Å². The number of amides is 1. The molecule has 0 N–H and O–H groups in total. The number of hydrogen-bond acceptors (Lipinski definition) is 4. The second-order valence-electron chi connectivity index (χ2n) is 7.94. The summed E-state index contributed by atoms with van der Waals surface area (Å²) in [6.45, 7) is 6.43. The molecule has 0 bridgehead atoms. The van der Waals surface area contributed by atoms with Crippen LogP contribution in [0.4, 0.5) is 0 Å². The van der Waals surface area contributed by atoms with Crippen molar-refractivity contribution in [2.24, 2.45) is 5.92 Å². The molecule has 1 amide bonds. The van der Waals surface area contributed by atoms with Crippen LogP contribution in [0.25, 0.3) is 0 Å². The third-order valence-corrected chi connectivity index (χ3v) is 5.78.